The minimum atomic E-state index is -3.98. The van der Waals surface area contributed by atoms with Gasteiger partial charge >= 0.3 is 0 Å². The van der Waals surface area contributed by atoms with Crippen LogP contribution >= 0.6 is 23.2 Å². The molecule has 8 nitrogen and oxygen atoms in total. The number of nitrogens with one attached hydrogen (secondary N) is 1. The third kappa shape index (κ3) is 8.18. The van der Waals surface area contributed by atoms with Crippen LogP contribution in [0.3, 0.4) is 0 Å². The Hall–Kier alpha value is -3.27. The first kappa shape index (κ1) is 31.7. The molecule has 1 aliphatic carbocycles. The number of anilines is 1. The Bertz CT molecular complexity index is 1500. The van der Waals surface area contributed by atoms with Crippen LogP contribution in [-0.4, -0.2) is 57.1 Å². The molecule has 1 N–H and O–H groups in total. The summed E-state index contributed by atoms with van der Waals surface area (Å²) in [7, 11) is -2.58. The van der Waals surface area contributed by atoms with E-state index in [4.69, 9.17) is 27.9 Å². The first-order valence-corrected chi connectivity index (χ1v) is 16.4. The molecular formula is C31H35Cl2N3O5S. The predicted octanol–water partition coefficient (Wildman–Crippen LogP) is 5.47. The van der Waals surface area contributed by atoms with E-state index in [9.17, 15) is 18.0 Å². The number of nitrogens with zero attached hydrogens (tertiary/aromatic N) is 2. The minimum absolute atomic E-state index is 0.00161. The molecule has 42 heavy (non-hydrogen) atoms. The van der Waals surface area contributed by atoms with Crippen LogP contribution in [0, 0.1) is 0 Å². The number of methoxy groups -OCH3 is 1. The van der Waals surface area contributed by atoms with Gasteiger partial charge in [-0.25, -0.2) is 8.42 Å². The quantitative estimate of drug-likeness (QED) is 0.286. The van der Waals surface area contributed by atoms with Gasteiger partial charge in [0.2, 0.25) is 21.8 Å². The number of ether oxygens (including phenoxy) is 1. The zero-order chi connectivity index (χ0) is 30.3. The number of rotatable bonds is 12. The molecule has 1 atom stereocenters. The Labute approximate surface area is 257 Å². The largest absolute Gasteiger partial charge is 0.495 e. The summed E-state index contributed by atoms with van der Waals surface area (Å²) >= 11 is 12.7. The summed E-state index contributed by atoms with van der Waals surface area (Å²) in [6.07, 6.45) is 5.04. The molecule has 0 aliphatic heterocycles. The minimum Gasteiger partial charge on any atom is -0.495 e. The van der Waals surface area contributed by atoms with E-state index in [0.717, 1.165) is 41.8 Å². The summed E-state index contributed by atoms with van der Waals surface area (Å²) in [5.41, 5.74) is 1.61. The standard InChI is InChI=1S/C31H35Cl2N3O5S/c1-41-29-17-16-24(32)19-27(29)36(42(2,39)40)21-30(37)35(20-23-12-6-9-15-26(23)33)28(18-22-10-4-3-5-11-22)31(38)34-25-13-7-8-14-25/h3-6,9-12,15-17,19,25,28H,7-8,13-14,18,20-21H2,1-2H3,(H,34,38)/t28-/m1/s1. The van der Waals surface area contributed by atoms with Crippen LogP contribution in [0.5, 0.6) is 5.75 Å². The number of halogens is 2. The van der Waals surface area contributed by atoms with Crippen LogP contribution in [0.4, 0.5) is 5.69 Å². The van der Waals surface area contributed by atoms with Gasteiger partial charge in [0.05, 0.1) is 19.1 Å². The average Bonchev–Trinajstić information content (AvgIpc) is 3.47. The predicted molar refractivity (Wildman–Crippen MR) is 167 cm³/mol. The number of carbonyl (C=O) groups is 2. The molecule has 0 heterocycles. The number of hydrogen-bond acceptors (Lipinski definition) is 5. The van der Waals surface area contributed by atoms with E-state index in [-0.39, 0.29) is 41.4 Å². The van der Waals surface area contributed by atoms with Gasteiger partial charge in [-0.15, -0.1) is 0 Å². The van der Waals surface area contributed by atoms with Crippen molar-refractivity contribution < 1.29 is 22.7 Å². The summed E-state index contributed by atoms with van der Waals surface area (Å²) in [4.78, 5) is 29.6. The lowest BCUT2D eigenvalue weighted by molar-refractivity contribution is -0.140. The molecule has 11 heteroatoms. The topological polar surface area (TPSA) is 96.0 Å². The first-order chi connectivity index (χ1) is 20.1. The van der Waals surface area contributed by atoms with E-state index in [0.29, 0.717) is 10.6 Å². The summed E-state index contributed by atoms with van der Waals surface area (Å²) in [6, 6.07) is 20.1. The van der Waals surface area contributed by atoms with Gasteiger partial charge in [0.1, 0.15) is 18.3 Å². The number of carbonyl (C=O) groups excluding carboxylic acids is 2. The lowest BCUT2D eigenvalue weighted by Crippen LogP contribution is -2.54. The second kappa shape index (κ2) is 14.3. The third-order valence-corrected chi connectivity index (χ3v) is 9.09. The SMILES string of the molecule is COc1ccc(Cl)cc1N(CC(=O)N(Cc1ccccc1Cl)[C@H](Cc1ccccc1)C(=O)NC1CCCC1)S(C)(=O)=O. The van der Waals surface area contributed by atoms with Gasteiger partial charge in [-0.1, -0.05) is 84.6 Å². The molecule has 0 aromatic heterocycles. The molecule has 2 amide bonds. The highest BCUT2D eigenvalue weighted by atomic mass is 35.5. The molecule has 4 rings (SSSR count). The molecule has 0 saturated heterocycles. The van der Waals surface area contributed by atoms with Crippen molar-refractivity contribution in [3.8, 4) is 5.75 Å². The number of benzene rings is 3. The van der Waals surface area contributed by atoms with Crippen molar-refractivity contribution in [2.45, 2.75) is 50.7 Å². The fraction of sp³-hybridized carbons (Fsp3) is 0.355. The highest BCUT2D eigenvalue weighted by Gasteiger charge is 2.35. The van der Waals surface area contributed by atoms with Crippen molar-refractivity contribution in [2.75, 3.05) is 24.2 Å². The van der Waals surface area contributed by atoms with Gasteiger partial charge in [-0.2, -0.15) is 0 Å². The highest BCUT2D eigenvalue weighted by Crippen LogP contribution is 2.33. The van der Waals surface area contributed by atoms with Gasteiger partial charge in [0.25, 0.3) is 0 Å². The second-order valence-corrected chi connectivity index (χ2v) is 13.1. The maximum atomic E-state index is 14.3. The molecule has 1 fully saturated rings. The third-order valence-electron chi connectivity index (χ3n) is 7.36. The van der Waals surface area contributed by atoms with Crippen molar-refractivity contribution >= 4 is 50.7 Å². The van der Waals surface area contributed by atoms with Crippen molar-refractivity contribution in [1.29, 1.82) is 0 Å². The first-order valence-electron chi connectivity index (χ1n) is 13.7. The van der Waals surface area contributed by atoms with Crippen LogP contribution in [0.1, 0.15) is 36.8 Å². The number of sulfonamides is 1. The van der Waals surface area contributed by atoms with Crippen molar-refractivity contribution in [2.24, 2.45) is 0 Å². The average molecular weight is 633 g/mol. The van der Waals surface area contributed by atoms with E-state index in [2.05, 4.69) is 5.32 Å². The van der Waals surface area contributed by atoms with Crippen LogP contribution in [-0.2, 0) is 32.6 Å². The number of amides is 2. The molecule has 3 aromatic rings. The highest BCUT2D eigenvalue weighted by molar-refractivity contribution is 7.92. The van der Waals surface area contributed by atoms with Crippen molar-refractivity contribution in [3.05, 3.63) is 94.0 Å². The Balaban J connectivity index is 1.76. The van der Waals surface area contributed by atoms with Gasteiger partial charge in [0.15, 0.2) is 0 Å². The molecule has 0 bridgehead atoms. The fourth-order valence-electron chi connectivity index (χ4n) is 5.18. The van der Waals surface area contributed by atoms with Gasteiger partial charge in [0, 0.05) is 29.1 Å². The van der Waals surface area contributed by atoms with Crippen LogP contribution in [0.15, 0.2) is 72.8 Å². The van der Waals surface area contributed by atoms with Gasteiger partial charge in [-0.05, 0) is 48.2 Å². The summed E-state index contributed by atoms with van der Waals surface area (Å²) in [6.45, 7) is -0.583. The van der Waals surface area contributed by atoms with Gasteiger partial charge < -0.3 is 15.0 Å². The smallest absolute Gasteiger partial charge is 0.244 e. The van der Waals surface area contributed by atoms with E-state index in [1.54, 1.807) is 30.3 Å². The summed E-state index contributed by atoms with van der Waals surface area (Å²) < 4.78 is 32.5. The molecule has 224 valence electrons. The molecule has 3 aromatic carbocycles. The maximum absolute atomic E-state index is 14.3. The van der Waals surface area contributed by atoms with Crippen LogP contribution in [0.2, 0.25) is 10.0 Å². The van der Waals surface area contributed by atoms with E-state index in [1.807, 2.05) is 30.3 Å². The molecule has 1 aliphatic rings. The Morgan fingerprint density at radius 2 is 1.67 bits per heavy atom. The summed E-state index contributed by atoms with van der Waals surface area (Å²) in [5, 5.41) is 3.85. The van der Waals surface area contributed by atoms with E-state index < -0.39 is 28.5 Å². The van der Waals surface area contributed by atoms with E-state index >= 15 is 0 Å². The van der Waals surface area contributed by atoms with E-state index in [1.165, 1.54) is 24.1 Å². The van der Waals surface area contributed by atoms with Crippen molar-refractivity contribution in [3.63, 3.8) is 0 Å². The molecule has 0 spiro atoms. The Kier molecular flexibility index (Phi) is 10.8. The molecule has 1 saturated carbocycles. The van der Waals surface area contributed by atoms with Gasteiger partial charge in [-0.3, -0.25) is 13.9 Å². The second-order valence-electron chi connectivity index (χ2n) is 10.4. The zero-order valence-electron chi connectivity index (χ0n) is 23.6. The Morgan fingerprint density at radius 1 is 1.00 bits per heavy atom. The molecule has 0 radical (unpaired) electrons. The Morgan fingerprint density at radius 3 is 2.31 bits per heavy atom. The normalized spacial score (nSPS) is 14.3. The molecule has 0 unspecified atom stereocenters. The lowest BCUT2D eigenvalue weighted by atomic mass is 10.0. The number of hydrogen-bond donors (Lipinski definition) is 1. The van der Waals surface area contributed by atoms with Crippen LogP contribution < -0.4 is 14.4 Å². The fourth-order valence-corrected chi connectivity index (χ4v) is 6.39. The lowest BCUT2D eigenvalue weighted by Gasteiger charge is -2.34. The zero-order valence-corrected chi connectivity index (χ0v) is 26.0. The van der Waals surface area contributed by atoms with Crippen LogP contribution in [0.25, 0.3) is 0 Å². The maximum Gasteiger partial charge on any atom is 0.244 e. The summed E-state index contributed by atoms with van der Waals surface area (Å²) in [5.74, 6) is -0.641. The molecular weight excluding hydrogens is 597 g/mol. The monoisotopic (exact) mass is 631 g/mol. The van der Waals surface area contributed by atoms with Crippen molar-refractivity contribution in [1.82, 2.24) is 10.2 Å².